The molecule has 1 heterocycles. The van der Waals surface area contributed by atoms with Crippen LogP contribution in [-0.2, 0) is 4.79 Å². The molecule has 0 atom stereocenters. The number of hydrogen-bond acceptors (Lipinski definition) is 4. The molecule has 0 aliphatic heterocycles. The predicted molar refractivity (Wildman–Crippen MR) is 77.1 cm³/mol. The predicted octanol–water partition coefficient (Wildman–Crippen LogP) is 0.567. The van der Waals surface area contributed by atoms with Gasteiger partial charge in [-0.1, -0.05) is 19.9 Å². The van der Waals surface area contributed by atoms with Crippen LogP contribution in [0.1, 0.15) is 26.7 Å². The first-order valence-corrected chi connectivity index (χ1v) is 6.68. The number of ketones is 1. The van der Waals surface area contributed by atoms with Crippen molar-refractivity contribution in [2.24, 2.45) is 5.41 Å². The number of nitrogens with one attached hydrogen (secondary N) is 1. The molecule has 118 valence electrons. The fourth-order valence-electron chi connectivity index (χ4n) is 2.31. The summed E-state index contributed by atoms with van der Waals surface area (Å²) in [6, 6.07) is -1.06. The normalized spacial score (nSPS) is 17.1. The van der Waals surface area contributed by atoms with Crippen molar-refractivity contribution in [1.29, 1.82) is 0 Å². The lowest BCUT2D eigenvalue weighted by Gasteiger charge is -2.27. The Labute approximate surface area is 125 Å². The van der Waals surface area contributed by atoms with Crippen molar-refractivity contribution in [3.63, 3.8) is 0 Å². The van der Waals surface area contributed by atoms with Gasteiger partial charge in [-0.15, -0.1) is 0 Å². The molecule has 1 amide bonds. The third kappa shape index (κ3) is 2.63. The standard InChI is InChI=1S/C14H16FN3O4/c1-14(2)5-4-9(10(19)6-14)17-7-8(15)11(20)18(13(17)22)12(21)16-3/h4,7H,5-6H2,1-3H3,(H,16,21). The summed E-state index contributed by atoms with van der Waals surface area (Å²) >= 11 is 0. The Bertz CT molecular complexity index is 801. The monoisotopic (exact) mass is 309 g/mol. The number of halogens is 1. The molecule has 2 rings (SSSR count). The van der Waals surface area contributed by atoms with Crippen LogP contribution in [0.4, 0.5) is 9.18 Å². The highest BCUT2D eigenvalue weighted by Gasteiger charge is 2.30. The van der Waals surface area contributed by atoms with Gasteiger partial charge in [0.1, 0.15) is 0 Å². The van der Waals surface area contributed by atoms with E-state index in [2.05, 4.69) is 5.32 Å². The molecule has 22 heavy (non-hydrogen) atoms. The molecule has 1 aromatic heterocycles. The van der Waals surface area contributed by atoms with Gasteiger partial charge in [0, 0.05) is 13.5 Å². The van der Waals surface area contributed by atoms with Gasteiger partial charge in [0.05, 0.1) is 11.9 Å². The lowest BCUT2D eigenvalue weighted by atomic mass is 9.79. The van der Waals surface area contributed by atoms with E-state index in [4.69, 9.17) is 0 Å². The zero-order valence-electron chi connectivity index (χ0n) is 12.5. The molecule has 0 radical (unpaired) electrons. The smallest absolute Gasteiger partial charge is 0.340 e. The number of carbonyl (C=O) groups is 2. The molecule has 0 saturated carbocycles. The van der Waals surface area contributed by atoms with E-state index in [1.165, 1.54) is 13.1 Å². The number of carbonyl (C=O) groups excluding carboxylic acids is 2. The summed E-state index contributed by atoms with van der Waals surface area (Å²) in [6.45, 7) is 3.79. The van der Waals surface area contributed by atoms with Crippen molar-refractivity contribution in [3.05, 3.63) is 38.9 Å². The zero-order chi connectivity index (χ0) is 16.7. The summed E-state index contributed by atoms with van der Waals surface area (Å²) < 4.78 is 14.6. The van der Waals surface area contributed by atoms with Crippen LogP contribution in [0.5, 0.6) is 0 Å². The molecule has 0 bridgehead atoms. The molecule has 8 heteroatoms. The molecule has 0 spiro atoms. The largest absolute Gasteiger partial charge is 0.344 e. The van der Waals surface area contributed by atoms with Gasteiger partial charge in [0.15, 0.2) is 5.78 Å². The summed E-state index contributed by atoms with van der Waals surface area (Å²) in [6.07, 6.45) is 2.87. The number of allylic oxidation sites excluding steroid dienone is 2. The molecule has 0 saturated heterocycles. The number of amides is 1. The first-order chi connectivity index (χ1) is 10.2. The van der Waals surface area contributed by atoms with Gasteiger partial charge in [-0.05, 0) is 11.8 Å². The van der Waals surface area contributed by atoms with Crippen molar-refractivity contribution in [2.45, 2.75) is 26.7 Å². The minimum atomic E-state index is -1.36. The molecular weight excluding hydrogens is 293 g/mol. The summed E-state index contributed by atoms with van der Waals surface area (Å²) in [4.78, 5) is 47.6. The average Bonchev–Trinajstić information content (AvgIpc) is 2.42. The first-order valence-electron chi connectivity index (χ1n) is 6.68. The van der Waals surface area contributed by atoms with E-state index in [-0.39, 0.29) is 27.9 Å². The molecule has 0 fully saturated rings. The van der Waals surface area contributed by atoms with Crippen LogP contribution in [-0.4, -0.2) is 28.0 Å². The van der Waals surface area contributed by atoms with Crippen molar-refractivity contribution in [3.8, 4) is 0 Å². The number of aromatic nitrogens is 2. The van der Waals surface area contributed by atoms with Gasteiger partial charge < -0.3 is 5.32 Å². The van der Waals surface area contributed by atoms with Crippen molar-refractivity contribution in [1.82, 2.24) is 14.5 Å². The van der Waals surface area contributed by atoms with Crippen LogP contribution >= 0.6 is 0 Å². The second-order valence-corrected chi connectivity index (χ2v) is 5.88. The lowest BCUT2D eigenvalue weighted by Crippen LogP contribution is -2.48. The maximum atomic E-state index is 13.7. The average molecular weight is 309 g/mol. The van der Waals surface area contributed by atoms with E-state index < -0.39 is 23.1 Å². The third-order valence-electron chi connectivity index (χ3n) is 3.50. The fourth-order valence-corrected chi connectivity index (χ4v) is 2.31. The van der Waals surface area contributed by atoms with E-state index in [9.17, 15) is 23.6 Å². The molecule has 0 aromatic carbocycles. The summed E-state index contributed by atoms with van der Waals surface area (Å²) in [5.74, 6) is -1.64. The quantitative estimate of drug-likeness (QED) is 0.821. The highest BCUT2D eigenvalue weighted by molar-refractivity contribution is 6.15. The van der Waals surface area contributed by atoms with Crippen molar-refractivity contribution < 1.29 is 14.0 Å². The Hall–Kier alpha value is -2.51. The lowest BCUT2D eigenvalue weighted by molar-refractivity contribution is -0.116. The van der Waals surface area contributed by atoms with E-state index in [0.29, 0.717) is 17.2 Å². The summed E-state index contributed by atoms with van der Waals surface area (Å²) in [5, 5.41) is 2.08. The maximum absolute atomic E-state index is 13.7. The molecule has 7 nitrogen and oxygen atoms in total. The Balaban J connectivity index is 2.69. The van der Waals surface area contributed by atoms with Crippen LogP contribution in [0.25, 0.3) is 5.70 Å². The second kappa shape index (κ2) is 5.36. The van der Waals surface area contributed by atoms with E-state index in [1.54, 1.807) is 0 Å². The van der Waals surface area contributed by atoms with Gasteiger partial charge in [0.25, 0.3) is 0 Å². The molecule has 1 aliphatic carbocycles. The highest BCUT2D eigenvalue weighted by atomic mass is 19.1. The van der Waals surface area contributed by atoms with Gasteiger partial charge in [-0.25, -0.2) is 9.59 Å². The van der Waals surface area contributed by atoms with Crippen LogP contribution in [0.3, 0.4) is 0 Å². The summed E-state index contributed by atoms with van der Waals surface area (Å²) in [7, 11) is 1.21. The van der Waals surface area contributed by atoms with Crippen molar-refractivity contribution >= 4 is 17.5 Å². The van der Waals surface area contributed by atoms with Crippen LogP contribution in [0.2, 0.25) is 0 Å². The number of Topliss-reactive ketones (excluding diaryl/α,β-unsaturated/α-hetero) is 1. The van der Waals surface area contributed by atoms with E-state index in [0.717, 1.165) is 0 Å². The van der Waals surface area contributed by atoms with Crippen LogP contribution < -0.4 is 16.6 Å². The Morgan fingerprint density at radius 1 is 1.32 bits per heavy atom. The third-order valence-corrected chi connectivity index (χ3v) is 3.50. The van der Waals surface area contributed by atoms with Gasteiger partial charge in [-0.2, -0.15) is 8.96 Å². The molecule has 1 aliphatic rings. The van der Waals surface area contributed by atoms with Gasteiger partial charge >= 0.3 is 17.3 Å². The maximum Gasteiger partial charge on any atom is 0.344 e. The SMILES string of the molecule is CNC(=O)n1c(=O)c(F)cn(C2=CCC(C)(C)CC2=O)c1=O. The molecular formula is C14H16FN3O4. The van der Waals surface area contributed by atoms with Crippen LogP contribution in [0.15, 0.2) is 21.9 Å². The highest BCUT2D eigenvalue weighted by Crippen LogP contribution is 2.33. The molecule has 0 unspecified atom stereocenters. The Kier molecular flexibility index (Phi) is 3.87. The summed E-state index contributed by atoms with van der Waals surface area (Å²) in [5.41, 5.74) is -2.71. The minimum absolute atomic E-state index is 0.0270. The second-order valence-electron chi connectivity index (χ2n) is 5.88. The van der Waals surface area contributed by atoms with Crippen molar-refractivity contribution in [2.75, 3.05) is 7.05 Å². The Morgan fingerprint density at radius 2 is 1.95 bits per heavy atom. The van der Waals surface area contributed by atoms with E-state index in [1.807, 2.05) is 13.8 Å². The molecule has 1 N–H and O–H groups in total. The molecule has 1 aromatic rings. The number of hydrogen-bond donors (Lipinski definition) is 1. The number of rotatable bonds is 1. The fraction of sp³-hybridized carbons (Fsp3) is 0.429. The zero-order valence-corrected chi connectivity index (χ0v) is 12.5. The minimum Gasteiger partial charge on any atom is -0.340 e. The topological polar surface area (TPSA) is 90.2 Å². The Morgan fingerprint density at radius 3 is 2.50 bits per heavy atom. The van der Waals surface area contributed by atoms with Gasteiger partial charge in [0.2, 0.25) is 5.82 Å². The van der Waals surface area contributed by atoms with E-state index >= 15 is 0 Å². The first kappa shape index (κ1) is 15.9. The number of nitrogens with zero attached hydrogens (tertiary/aromatic N) is 2. The van der Waals surface area contributed by atoms with Gasteiger partial charge in [-0.3, -0.25) is 14.2 Å². The van der Waals surface area contributed by atoms with Crippen LogP contribution in [0, 0.1) is 11.2 Å².